The van der Waals surface area contributed by atoms with Gasteiger partial charge < -0.3 is 9.84 Å². The molecule has 0 saturated heterocycles. The summed E-state index contributed by atoms with van der Waals surface area (Å²) in [4.78, 5) is 0. The van der Waals surface area contributed by atoms with Crippen LogP contribution in [0.2, 0.25) is 0 Å². The Morgan fingerprint density at radius 2 is 1.40 bits per heavy atom. The van der Waals surface area contributed by atoms with E-state index in [0.29, 0.717) is 16.9 Å². The van der Waals surface area contributed by atoms with Gasteiger partial charge in [0.05, 0.1) is 18.3 Å². The molecule has 1 aromatic carbocycles. The van der Waals surface area contributed by atoms with E-state index in [2.05, 4.69) is 34.6 Å². The van der Waals surface area contributed by atoms with Crippen molar-refractivity contribution >= 4 is 0 Å². The van der Waals surface area contributed by atoms with Crippen molar-refractivity contribution in [2.24, 2.45) is 22.7 Å². The molecule has 1 aromatic rings. The predicted octanol–water partition coefficient (Wildman–Crippen LogP) is 7.54. The number of hydrogen-bond acceptors (Lipinski definition) is 2. The second-order valence-corrected chi connectivity index (χ2v) is 11.1. The van der Waals surface area contributed by atoms with Crippen LogP contribution < -0.4 is 0 Å². The van der Waals surface area contributed by atoms with E-state index in [1.54, 1.807) is 0 Å². The maximum atomic E-state index is 8.54. The fourth-order valence-electron chi connectivity index (χ4n) is 6.75. The molecule has 0 spiro atoms. The van der Waals surface area contributed by atoms with Crippen molar-refractivity contribution in [2.45, 2.75) is 117 Å². The van der Waals surface area contributed by atoms with Crippen molar-refractivity contribution in [2.75, 3.05) is 0 Å². The summed E-state index contributed by atoms with van der Waals surface area (Å²) in [5.41, 5.74) is 1.82. The van der Waals surface area contributed by atoms with Crippen molar-refractivity contribution in [3.05, 3.63) is 35.9 Å². The standard InChI is InChI=1S/C21H38O.C7H8O/c1-16-19(2,3)20(16,4)21(5,17-12-8-6-9-13-17)22-18-14-10-7-11-15-18;8-6-7-4-2-1-3-5-7/h16-18H,6-15H2,1-5H3;1-5,8H,6H2. The van der Waals surface area contributed by atoms with Crippen LogP contribution >= 0.6 is 0 Å². The molecular weight excluding hydrogens is 368 g/mol. The Morgan fingerprint density at radius 3 is 1.83 bits per heavy atom. The van der Waals surface area contributed by atoms with Crippen molar-refractivity contribution in [1.29, 1.82) is 0 Å². The summed E-state index contributed by atoms with van der Waals surface area (Å²) in [7, 11) is 0. The van der Waals surface area contributed by atoms with Crippen LogP contribution in [0.25, 0.3) is 0 Å². The van der Waals surface area contributed by atoms with E-state index in [-0.39, 0.29) is 12.2 Å². The summed E-state index contributed by atoms with van der Waals surface area (Å²) in [6, 6.07) is 9.52. The van der Waals surface area contributed by atoms with Gasteiger partial charge in [-0.05, 0) is 55.4 Å². The molecule has 3 fully saturated rings. The lowest BCUT2D eigenvalue weighted by atomic mass is 9.67. The quantitative estimate of drug-likeness (QED) is 0.539. The zero-order valence-electron chi connectivity index (χ0n) is 20.3. The number of hydrogen-bond donors (Lipinski definition) is 1. The second-order valence-electron chi connectivity index (χ2n) is 11.1. The van der Waals surface area contributed by atoms with Gasteiger partial charge in [0.2, 0.25) is 0 Å². The number of ether oxygens (including phenoxy) is 1. The predicted molar refractivity (Wildman–Crippen MR) is 126 cm³/mol. The molecule has 1 N–H and O–H groups in total. The average Bonchev–Trinajstić information content (AvgIpc) is 3.20. The van der Waals surface area contributed by atoms with Gasteiger partial charge in [-0.1, -0.05) is 96.6 Å². The molecule has 3 unspecified atom stereocenters. The van der Waals surface area contributed by atoms with E-state index < -0.39 is 0 Å². The first-order valence-corrected chi connectivity index (χ1v) is 12.6. The number of aliphatic hydroxyl groups excluding tert-OH is 1. The van der Waals surface area contributed by atoms with Crippen LogP contribution in [0.1, 0.15) is 104 Å². The van der Waals surface area contributed by atoms with Gasteiger partial charge in [0.25, 0.3) is 0 Å². The Kier molecular flexibility index (Phi) is 7.72. The van der Waals surface area contributed by atoms with Gasteiger partial charge in [-0.15, -0.1) is 0 Å². The highest BCUT2D eigenvalue weighted by Crippen LogP contribution is 2.75. The minimum absolute atomic E-state index is 0.0817. The minimum atomic E-state index is 0.0817. The molecule has 3 atom stereocenters. The van der Waals surface area contributed by atoms with Crippen LogP contribution in [0.3, 0.4) is 0 Å². The number of aliphatic hydroxyl groups is 1. The molecule has 3 aliphatic carbocycles. The molecule has 0 heterocycles. The Morgan fingerprint density at radius 1 is 0.900 bits per heavy atom. The summed E-state index contributed by atoms with van der Waals surface area (Å²) in [5.74, 6) is 1.55. The van der Waals surface area contributed by atoms with Gasteiger partial charge in [0.15, 0.2) is 0 Å². The molecule has 2 nitrogen and oxygen atoms in total. The van der Waals surface area contributed by atoms with Crippen molar-refractivity contribution < 1.29 is 9.84 Å². The normalized spacial score (nSPS) is 31.3. The first-order chi connectivity index (χ1) is 14.3. The van der Waals surface area contributed by atoms with Gasteiger partial charge in [0.1, 0.15) is 0 Å². The lowest BCUT2D eigenvalue weighted by Crippen LogP contribution is -2.50. The summed E-state index contributed by atoms with van der Waals surface area (Å²) in [5, 5.41) is 8.54. The van der Waals surface area contributed by atoms with E-state index in [4.69, 9.17) is 9.84 Å². The summed E-state index contributed by atoms with van der Waals surface area (Å²) >= 11 is 0. The monoisotopic (exact) mass is 414 g/mol. The molecule has 3 aliphatic rings. The highest BCUT2D eigenvalue weighted by Gasteiger charge is 2.74. The highest BCUT2D eigenvalue weighted by atomic mass is 16.5. The molecule has 0 amide bonds. The third-order valence-electron chi connectivity index (χ3n) is 9.61. The SMILES string of the molecule is CC1C(C)(C)C1(C)C(C)(OC1CCCCC1)C1CCCCC1.OCc1ccccc1. The highest BCUT2D eigenvalue weighted by molar-refractivity contribution is 5.22. The zero-order chi connectivity index (χ0) is 21.8. The first kappa shape index (κ1) is 23.8. The summed E-state index contributed by atoms with van der Waals surface area (Å²) < 4.78 is 7.05. The maximum Gasteiger partial charge on any atom is 0.0747 e. The molecule has 30 heavy (non-hydrogen) atoms. The number of rotatable bonds is 5. The molecule has 0 radical (unpaired) electrons. The average molecular weight is 415 g/mol. The van der Waals surface area contributed by atoms with Crippen molar-refractivity contribution in [3.63, 3.8) is 0 Å². The maximum absolute atomic E-state index is 8.54. The van der Waals surface area contributed by atoms with Gasteiger partial charge in [-0.25, -0.2) is 0 Å². The largest absolute Gasteiger partial charge is 0.392 e. The molecular formula is C28H46O2. The third-order valence-corrected chi connectivity index (χ3v) is 9.61. The van der Waals surface area contributed by atoms with Gasteiger partial charge >= 0.3 is 0 Å². The number of benzene rings is 1. The Labute approximate surface area is 185 Å². The zero-order valence-corrected chi connectivity index (χ0v) is 20.3. The molecule has 4 rings (SSSR count). The fraction of sp³-hybridized carbons (Fsp3) is 0.786. The lowest BCUT2D eigenvalue weighted by molar-refractivity contribution is -0.178. The van der Waals surface area contributed by atoms with E-state index in [0.717, 1.165) is 17.4 Å². The Bertz CT molecular complexity index is 642. The van der Waals surface area contributed by atoms with E-state index in [9.17, 15) is 0 Å². The topological polar surface area (TPSA) is 29.5 Å². The third kappa shape index (κ3) is 4.51. The van der Waals surface area contributed by atoms with Crippen molar-refractivity contribution in [3.8, 4) is 0 Å². The molecule has 0 aromatic heterocycles. The van der Waals surface area contributed by atoms with Crippen LogP contribution in [-0.2, 0) is 11.3 Å². The van der Waals surface area contributed by atoms with Gasteiger partial charge in [-0.3, -0.25) is 0 Å². The Hall–Kier alpha value is -0.860. The van der Waals surface area contributed by atoms with E-state index >= 15 is 0 Å². The van der Waals surface area contributed by atoms with Crippen LogP contribution in [0.4, 0.5) is 0 Å². The minimum Gasteiger partial charge on any atom is -0.392 e. The molecule has 2 heteroatoms. The van der Waals surface area contributed by atoms with E-state index in [1.165, 1.54) is 64.2 Å². The molecule has 170 valence electrons. The Balaban J connectivity index is 0.000000269. The molecule has 3 saturated carbocycles. The van der Waals surface area contributed by atoms with Gasteiger partial charge in [0, 0.05) is 5.41 Å². The van der Waals surface area contributed by atoms with Crippen LogP contribution in [0.15, 0.2) is 30.3 Å². The first-order valence-electron chi connectivity index (χ1n) is 12.6. The fourth-order valence-corrected chi connectivity index (χ4v) is 6.75. The van der Waals surface area contributed by atoms with E-state index in [1.807, 2.05) is 30.3 Å². The summed E-state index contributed by atoms with van der Waals surface area (Å²) in [6.07, 6.45) is 14.3. The second kappa shape index (κ2) is 9.74. The van der Waals surface area contributed by atoms with Crippen LogP contribution in [0.5, 0.6) is 0 Å². The van der Waals surface area contributed by atoms with Gasteiger partial charge in [-0.2, -0.15) is 0 Å². The molecule has 0 aliphatic heterocycles. The van der Waals surface area contributed by atoms with Crippen LogP contribution in [0, 0.1) is 22.7 Å². The molecule has 0 bridgehead atoms. The van der Waals surface area contributed by atoms with Crippen molar-refractivity contribution in [1.82, 2.24) is 0 Å². The summed E-state index contributed by atoms with van der Waals surface area (Å²) in [6.45, 7) is 12.6. The lowest BCUT2D eigenvalue weighted by Gasteiger charge is -2.49. The van der Waals surface area contributed by atoms with Crippen LogP contribution in [-0.4, -0.2) is 16.8 Å². The smallest absolute Gasteiger partial charge is 0.0747 e.